The molecule has 1 aliphatic carbocycles. The van der Waals surface area contributed by atoms with Crippen LogP contribution in [-0.2, 0) is 16.6 Å². The molecule has 1 aromatic rings. The first-order chi connectivity index (χ1) is 7.41. The summed E-state index contributed by atoms with van der Waals surface area (Å²) < 4.78 is 0. The molecule has 1 aliphatic rings. The molecule has 1 unspecified atom stereocenters. The van der Waals surface area contributed by atoms with Crippen LogP contribution in [0.1, 0.15) is 56.5 Å². The number of nitrogens with zero attached hydrogens (tertiary/aromatic N) is 1. The lowest BCUT2D eigenvalue weighted by molar-refractivity contribution is -0.139. The molecule has 2 N–H and O–H groups in total. The van der Waals surface area contributed by atoms with Crippen molar-refractivity contribution in [1.82, 2.24) is 10.2 Å². The molecule has 2 rings (SSSR count). The molecule has 0 aliphatic heterocycles. The highest BCUT2D eigenvalue weighted by molar-refractivity contribution is 5.77. The third-order valence-corrected chi connectivity index (χ3v) is 3.16. The number of hydrogen-bond donors (Lipinski definition) is 2. The van der Waals surface area contributed by atoms with Crippen molar-refractivity contribution in [1.29, 1.82) is 0 Å². The number of carboxylic acids is 1. The Balaban J connectivity index is 2.52. The fourth-order valence-corrected chi connectivity index (χ4v) is 2.40. The predicted octanol–water partition coefficient (Wildman–Crippen LogP) is 2.21. The molecular weight excluding hydrogens is 204 g/mol. The van der Waals surface area contributed by atoms with Gasteiger partial charge in [-0.3, -0.25) is 9.89 Å². The Kier molecular flexibility index (Phi) is 2.52. The number of carboxylic acid groups (broad SMARTS) is 1. The maximum atomic E-state index is 11.3. The minimum absolute atomic E-state index is 0.102. The Morgan fingerprint density at radius 1 is 1.50 bits per heavy atom. The maximum absolute atomic E-state index is 11.3. The molecule has 0 aromatic carbocycles. The normalized spacial score (nSPS) is 20.6. The third kappa shape index (κ3) is 1.72. The summed E-state index contributed by atoms with van der Waals surface area (Å²) in [5.41, 5.74) is 2.76. The van der Waals surface area contributed by atoms with Gasteiger partial charge in [0.1, 0.15) is 0 Å². The van der Waals surface area contributed by atoms with E-state index >= 15 is 0 Å². The molecule has 4 nitrogen and oxygen atoms in total. The van der Waals surface area contributed by atoms with Gasteiger partial charge in [0, 0.05) is 16.7 Å². The van der Waals surface area contributed by atoms with Gasteiger partial charge in [-0.1, -0.05) is 20.8 Å². The highest BCUT2D eigenvalue weighted by atomic mass is 16.4. The van der Waals surface area contributed by atoms with E-state index in [1.54, 1.807) is 0 Å². The molecule has 0 saturated heterocycles. The second-order valence-corrected chi connectivity index (χ2v) is 5.50. The van der Waals surface area contributed by atoms with Gasteiger partial charge in [-0.05, 0) is 19.3 Å². The first-order valence-corrected chi connectivity index (χ1v) is 5.71. The number of aliphatic carboxylic acids is 1. The van der Waals surface area contributed by atoms with E-state index in [-0.39, 0.29) is 11.3 Å². The van der Waals surface area contributed by atoms with Gasteiger partial charge in [0.2, 0.25) is 0 Å². The van der Waals surface area contributed by atoms with Crippen LogP contribution in [0, 0.1) is 0 Å². The Bertz CT molecular complexity index is 415. The van der Waals surface area contributed by atoms with Gasteiger partial charge < -0.3 is 5.11 Å². The number of carbonyl (C=O) groups is 1. The monoisotopic (exact) mass is 222 g/mol. The van der Waals surface area contributed by atoms with E-state index in [0.717, 1.165) is 36.2 Å². The Morgan fingerprint density at radius 2 is 2.19 bits per heavy atom. The van der Waals surface area contributed by atoms with Crippen molar-refractivity contribution in [3.63, 3.8) is 0 Å². The Hall–Kier alpha value is -1.32. The number of rotatable bonds is 1. The molecule has 88 valence electrons. The zero-order chi connectivity index (χ0) is 11.9. The quantitative estimate of drug-likeness (QED) is 0.765. The predicted molar refractivity (Wildman–Crippen MR) is 60.6 cm³/mol. The van der Waals surface area contributed by atoms with Gasteiger partial charge in [-0.2, -0.15) is 5.10 Å². The minimum atomic E-state index is -0.729. The van der Waals surface area contributed by atoms with Crippen molar-refractivity contribution < 1.29 is 9.90 Å². The summed E-state index contributed by atoms with van der Waals surface area (Å²) in [5.74, 6) is -1.11. The first kappa shape index (κ1) is 11.2. The lowest BCUT2D eigenvalue weighted by atomic mass is 9.79. The molecule has 0 fully saturated rings. The molecule has 0 radical (unpaired) electrons. The zero-order valence-electron chi connectivity index (χ0n) is 10.0. The van der Waals surface area contributed by atoms with E-state index in [9.17, 15) is 9.90 Å². The van der Waals surface area contributed by atoms with Crippen LogP contribution < -0.4 is 0 Å². The maximum Gasteiger partial charge on any atom is 0.311 e. The summed E-state index contributed by atoms with van der Waals surface area (Å²) in [6, 6.07) is 0. The zero-order valence-corrected chi connectivity index (χ0v) is 10.0. The molecule has 0 spiro atoms. The third-order valence-electron chi connectivity index (χ3n) is 3.16. The van der Waals surface area contributed by atoms with Crippen LogP contribution in [0.2, 0.25) is 0 Å². The standard InChI is InChI=1S/C12H18N2O2/c1-12(2,3)10-9-7(11(15)16)5-4-6-8(9)13-14-10/h7H,4-6H2,1-3H3,(H,13,14)(H,15,16). The van der Waals surface area contributed by atoms with Crippen LogP contribution in [0.15, 0.2) is 0 Å². The number of H-pyrrole nitrogens is 1. The lowest BCUT2D eigenvalue weighted by Gasteiger charge is -2.24. The second kappa shape index (κ2) is 3.61. The van der Waals surface area contributed by atoms with Crippen LogP contribution in [-0.4, -0.2) is 21.3 Å². The first-order valence-electron chi connectivity index (χ1n) is 5.71. The Morgan fingerprint density at radius 3 is 2.75 bits per heavy atom. The molecule has 0 saturated carbocycles. The number of hydrogen-bond acceptors (Lipinski definition) is 2. The molecule has 0 bridgehead atoms. The van der Waals surface area contributed by atoms with Crippen molar-refractivity contribution in [2.24, 2.45) is 0 Å². The lowest BCUT2D eigenvalue weighted by Crippen LogP contribution is -2.22. The SMILES string of the molecule is CC(C)(C)c1n[nH]c2c1C(C(=O)O)CCC2. The highest BCUT2D eigenvalue weighted by Crippen LogP contribution is 2.37. The largest absolute Gasteiger partial charge is 0.481 e. The van der Waals surface area contributed by atoms with Crippen molar-refractivity contribution >= 4 is 5.97 Å². The summed E-state index contributed by atoms with van der Waals surface area (Å²) in [7, 11) is 0. The van der Waals surface area contributed by atoms with E-state index in [0.29, 0.717) is 0 Å². The van der Waals surface area contributed by atoms with Crippen molar-refractivity contribution in [3.8, 4) is 0 Å². The van der Waals surface area contributed by atoms with Crippen LogP contribution in [0.4, 0.5) is 0 Å². The fraction of sp³-hybridized carbons (Fsp3) is 0.667. The van der Waals surface area contributed by atoms with Crippen LogP contribution >= 0.6 is 0 Å². The number of nitrogens with one attached hydrogen (secondary N) is 1. The molecule has 4 heteroatoms. The summed E-state index contributed by atoms with van der Waals surface area (Å²) in [5, 5.41) is 16.6. The van der Waals surface area contributed by atoms with Gasteiger partial charge in [0.15, 0.2) is 0 Å². The molecule has 1 heterocycles. The van der Waals surface area contributed by atoms with Crippen molar-refractivity contribution in [2.75, 3.05) is 0 Å². The summed E-state index contributed by atoms with van der Waals surface area (Å²) in [6.07, 6.45) is 2.57. The number of aromatic nitrogens is 2. The average molecular weight is 222 g/mol. The van der Waals surface area contributed by atoms with Gasteiger partial charge in [0.25, 0.3) is 0 Å². The van der Waals surface area contributed by atoms with Crippen molar-refractivity contribution in [3.05, 3.63) is 17.0 Å². The molecule has 1 atom stereocenters. The summed E-state index contributed by atoms with van der Waals surface area (Å²) in [4.78, 5) is 11.3. The topological polar surface area (TPSA) is 66.0 Å². The number of aryl methyl sites for hydroxylation is 1. The molecule has 16 heavy (non-hydrogen) atoms. The average Bonchev–Trinajstić information content (AvgIpc) is 2.59. The Labute approximate surface area is 95.1 Å². The molecular formula is C12H18N2O2. The van der Waals surface area contributed by atoms with E-state index in [4.69, 9.17) is 0 Å². The fourth-order valence-electron chi connectivity index (χ4n) is 2.40. The highest BCUT2D eigenvalue weighted by Gasteiger charge is 2.34. The van der Waals surface area contributed by atoms with E-state index < -0.39 is 5.97 Å². The second-order valence-electron chi connectivity index (χ2n) is 5.50. The van der Waals surface area contributed by atoms with E-state index in [1.165, 1.54) is 0 Å². The molecule has 1 aromatic heterocycles. The van der Waals surface area contributed by atoms with Crippen LogP contribution in [0.3, 0.4) is 0 Å². The van der Waals surface area contributed by atoms with Gasteiger partial charge in [0.05, 0.1) is 11.6 Å². The van der Waals surface area contributed by atoms with Gasteiger partial charge in [-0.15, -0.1) is 0 Å². The van der Waals surface area contributed by atoms with E-state index in [1.807, 2.05) is 0 Å². The van der Waals surface area contributed by atoms with Gasteiger partial charge in [-0.25, -0.2) is 0 Å². The van der Waals surface area contributed by atoms with Gasteiger partial charge >= 0.3 is 5.97 Å². The summed E-state index contributed by atoms with van der Waals surface area (Å²) >= 11 is 0. The number of fused-ring (bicyclic) bond motifs is 1. The van der Waals surface area contributed by atoms with Crippen molar-refractivity contribution in [2.45, 2.75) is 51.4 Å². The van der Waals surface area contributed by atoms with Crippen LogP contribution in [0.25, 0.3) is 0 Å². The number of aromatic amines is 1. The smallest absolute Gasteiger partial charge is 0.311 e. The van der Waals surface area contributed by atoms with E-state index in [2.05, 4.69) is 31.0 Å². The minimum Gasteiger partial charge on any atom is -0.481 e. The summed E-state index contributed by atoms with van der Waals surface area (Å²) in [6.45, 7) is 6.20. The van der Waals surface area contributed by atoms with Crippen LogP contribution in [0.5, 0.6) is 0 Å². The molecule has 0 amide bonds.